The number of sulfonamides is 1. The smallest absolute Gasteiger partial charge is 0.263 e. The van der Waals surface area contributed by atoms with Crippen LogP contribution in [0.25, 0.3) is 0 Å². The van der Waals surface area contributed by atoms with Gasteiger partial charge in [-0.05, 0) is 37.0 Å². The van der Waals surface area contributed by atoms with Crippen LogP contribution < -0.4 is 10.5 Å². The van der Waals surface area contributed by atoms with E-state index in [1.165, 1.54) is 16.2 Å². The van der Waals surface area contributed by atoms with Crippen molar-refractivity contribution in [3.63, 3.8) is 0 Å². The molecule has 0 unspecified atom stereocenters. The van der Waals surface area contributed by atoms with E-state index in [1.54, 1.807) is 24.3 Å². The highest BCUT2D eigenvalue weighted by Crippen LogP contribution is 2.31. The van der Waals surface area contributed by atoms with Crippen LogP contribution in [0, 0.1) is 0 Å². The molecule has 0 spiro atoms. The molecule has 5 nitrogen and oxygen atoms in total. The second-order valence-electron chi connectivity index (χ2n) is 4.70. The maximum Gasteiger partial charge on any atom is 0.263 e. The third kappa shape index (κ3) is 2.56. The van der Waals surface area contributed by atoms with E-state index < -0.39 is 10.0 Å². The zero-order valence-electron chi connectivity index (χ0n) is 10.8. The molecule has 2 aromatic rings. The van der Waals surface area contributed by atoms with E-state index in [9.17, 15) is 8.42 Å². The molecule has 3 rings (SSSR count). The Morgan fingerprint density at radius 3 is 2.95 bits per heavy atom. The van der Waals surface area contributed by atoms with Crippen molar-refractivity contribution >= 4 is 26.5 Å². The Morgan fingerprint density at radius 2 is 2.20 bits per heavy atom. The number of nitrogens with one attached hydrogen (secondary N) is 1. The van der Waals surface area contributed by atoms with E-state index in [4.69, 9.17) is 5.73 Å². The van der Waals surface area contributed by atoms with E-state index in [0.717, 1.165) is 30.5 Å². The molecule has 0 atom stereocenters. The van der Waals surface area contributed by atoms with Crippen LogP contribution in [0.15, 0.2) is 29.2 Å². The van der Waals surface area contributed by atoms with Gasteiger partial charge in [-0.25, -0.2) is 13.4 Å². The van der Waals surface area contributed by atoms with Crippen molar-refractivity contribution < 1.29 is 8.42 Å². The van der Waals surface area contributed by atoms with E-state index in [2.05, 4.69) is 9.71 Å². The summed E-state index contributed by atoms with van der Waals surface area (Å²) in [5, 5.41) is 0.452. The number of rotatable bonds is 4. The first-order valence-corrected chi connectivity index (χ1v) is 8.69. The SMILES string of the molecule is NCc1cccc(S(=O)(=O)Nc2nc3c(s2)CCC3)c1. The van der Waals surface area contributed by atoms with Gasteiger partial charge in [0.15, 0.2) is 5.13 Å². The van der Waals surface area contributed by atoms with Crippen LogP contribution in [-0.4, -0.2) is 13.4 Å². The molecule has 0 amide bonds. The number of hydrogen-bond donors (Lipinski definition) is 2. The maximum atomic E-state index is 12.3. The van der Waals surface area contributed by atoms with Gasteiger partial charge in [-0.2, -0.15) is 0 Å². The molecule has 0 aliphatic heterocycles. The topological polar surface area (TPSA) is 85.1 Å². The number of nitrogens with two attached hydrogens (primary N) is 1. The number of thiazole rings is 1. The summed E-state index contributed by atoms with van der Waals surface area (Å²) in [6.07, 6.45) is 3.05. The summed E-state index contributed by atoms with van der Waals surface area (Å²) in [5.74, 6) is 0. The van der Waals surface area contributed by atoms with Gasteiger partial charge < -0.3 is 5.73 Å². The summed E-state index contributed by atoms with van der Waals surface area (Å²) in [4.78, 5) is 5.76. The fraction of sp³-hybridized carbons (Fsp3) is 0.308. The van der Waals surface area contributed by atoms with Crippen molar-refractivity contribution in [2.75, 3.05) is 4.72 Å². The highest BCUT2D eigenvalue weighted by atomic mass is 32.2. The summed E-state index contributed by atoms with van der Waals surface area (Å²) in [6.45, 7) is 0.314. The number of hydrogen-bond acceptors (Lipinski definition) is 5. The fourth-order valence-corrected chi connectivity index (χ4v) is 4.60. The van der Waals surface area contributed by atoms with Crippen LogP contribution in [0.5, 0.6) is 0 Å². The van der Waals surface area contributed by atoms with Gasteiger partial charge in [0, 0.05) is 11.4 Å². The molecule has 1 aromatic carbocycles. The lowest BCUT2D eigenvalue weighted by molar-refractivity contribution is 0.601. The van der Waals surface area contributed by atoms with Crippen molar-refractivity contribution in [2.24, 2.45) is 5.73 Å². The Kier molecular flexibility index (Phi) is 3.49. The number of fused-ring (bicyclic) bond motifs is 1. The predicted molar refractivity (Wildman–Crippen MR) is 79.3 cm³/mol. The summed E-state index contributed by atoms with van der Waals surface area (Å²) < 4.78 is 27.2. The van der Waals surface area contributed by atoms with Gasteiger partial charge in [-0.1, -0.05) is 12.1 Å². The molecule has 0 bridgehead atoms. The zero-order chi connectivity index (χ0) is 14.2. The van der Waals surface area contributed by atoms with Crippen molar-refractivity contribution in [1.29, 1.82) is 0 Å². The fourth-order valence-electron chi connectivity index (χ4n) is 2.25. The normalized spacial score (nSPS) is 14.2. The molecule has 106 valence electrons. The molecule has 7 heteroatoms. The summed E-state index contributed by atoms with van der Waals surface area (Å²) in [7, 11) is -3.59. The largest absolute Gasteiger partial charge is 0.326 e. The number of nitrogens with zero attached hydrogens (tertiary/aromatic N) is 1. The first kappa shape index (κ1) is 13.5. The predicted octanol–water partition coefficient (Wildman–Crippen LogP) is 1.89. The van der Waals surface area contributed by atoms with Crippen LogP contribution in [0.1, 0.15) is 22.6 Å². The number of anilines is 1. The summed E-state index contributed by atoms with van der Waals surface area (Å²) >= 11 is 1.43. The highest BCUT2D eigenvalue weighted by Gasteiger charge is 2.21. The first-order chi connectivity index (χ1) is 9.58. The van der Waals surface area contributed by atoms with Crippen molar-refractivity contribution in [1.82, 2.24) is 4.98 Å². The van der Waals surface area contributed by atoms with Crippen molar-refractivity contribution in [3.05, 3.63) is 40.4 Å². The van der Waals surface area contributed by atoms with Crippen LogP contribution in [-0.2, 0) is 29.4 Å². The molecular weight excluding hydrogens is 294 g/mol. The highest BCUT2D eigenvalue weighted by molar-refractivity contribution is 7.93. The average Bonchev–Trinajstić information content (AvgIpc) is 2.99. The molecule has 20 heavy (non-hydrogen) atoms. The molecule has 0 saturated carbocycles. The van der Waals surface area contributed by atoms with Crippen LogP contribution in [0.2, 0.25) is 0 Å². The third-order valence-corrected chi connectivity index (χ3v) is 5.80. The van der Waals surface area contributed by atoms with Gasteiger partial charge >= 0.3 is 0 Å². The Hall–Kier alpha value is -1.44. The van der Waals surface area contributed by atoms with E-state index in [0.29, 0.717) is 11.7 Å². The minimum atomic E-state index is -3.59. The summed E-state index contributed by atoms with van der Waals surface area (Å²) in [5.41, 5.74) is 7.36. The lowest BCUT2D eigenvalue weighted by Gasteiger charge is -2.06. The number of aryl methyl sites for hydroxylation is 2. The second-order valence-corrected chi connectivity index (χ2v) is 7.47. The van der Waals surface area contributed by atoms with Gasteiger partial charge in [-0.15, -0.1) is 11.3 Å². The van der Waals surface area contributed by atoms with Crippen molar-refractivity contribution in [3.8, 4) is 0 Å². The van der Waals surface area contributed by atoms with E-state index in [1.807, 2.05) is 0 Å². The molecule has 0 fully saturated rings. The monoisotopic (exact) mass is 309 g/mol. The van der Waals surface area contributed by atoms with Crippen LogP contribution in [0.4, 0.5) is 5.13 Å². The van der Waals surface area contributed by atoms with Crippen LogP contribution in [0.3, 0.4) is 0 Å². The van der Waals surface area contributed by atoms with E-state index >= 15 is 0 Å². The molecule has 1 aliphatic carbocycles. The minimum Gasteiger partial charge on any atom is -0.326 e. The Morgan fingerprint density at radius 1 is 1.35 bits per heavy atom. The molecule has 1 aliphatic rings. The van der Waals surface area contributed by atoms with Gasteiger partial charge in [-0.3, -0.25) is 4.72 Å². The van der Waals surface area contributed by atoms with Gasteiger partial charge in [0.1, 0.15) is 0 Å². The Labute approximate surface area is 121 Å². The quantitative estimate of drug-likeness (QED) is 0.903. The Balaban J connectivity index is 1.87. The lowest BCUT2D eigenvalue weighted by atomic mass is 10.2. The molecular formula is C13H15N3O2S2. The first-order valence-electron chi connectivity index (χ1n) is 6.39. The average molecular weight is 309 g/mol. The van der Waals surface area contributed by atoms with Gasteiger partial charge in [0.25, 0.3) is 10.0 Å². The molecule has 0 saturated heterocycles. The van der Waals surface area contributed by atoms with E-state index in [-0.39, 0.29) is 4.90 Å². The number of benzene rings is 1. The molecule has 1 heterocycles. The maximum absolute atomic E-state index is 12.3. The third-order valence-electron chi connectivity index (χ3n) is 3.26. The second kappa shape index (κ2) is 5.16. The number of aromatic nitrogens is 1. The minimum absolute atomic E-state index is 0.218. The zero-order valence-corrected chi connectivity index (χ0v) is 12.4. The molecule has 3 N–H and O–H groups in total. The lowest BCUT2D eigenvalue weighted by Crippen LogP contribution is -2.13. The van der Waals surface area contributed by atoms with Gasteiger partial charge in [0.05, 0.1) is 10.6 Å². The molecule has 0 radical (unpaired) electrons. The molecule has 1 aromatic heterocycles. The van der Waals surface area contributed by atoms with Crippen molar-refractivity contribution in [2.45, 2.75) is 30.7 Å². The van der Waals surface area contributed by atoms with Crippen LogP contribution >= 0.6 is 11.3 Å². The standard InChI is InChI=1S/C13H15N3O2S2/c14-8-9-3-1-4-10(7-9)20(17,18)16-13-15-11-5-2-6-12(11)19-13/h1,3-4,7H,2,5-6,8,14H2,(H,15,16). The Bertz CT molecular complexity index is 716. The summed E-state index contributed by atoms with van der Waals surface area (Å²) in [6, 6.07) is 6.64. The van der Waals surface area contributed by atoms with Gasteiger partial charge in [0.2, 0.25) is 0 Å².